The van der Waals surface area contributed by atoms with Crippen LogP contribution in [0.15, 0.2) is 18.2 Å². The van der Waals surface area contributed by atoms with E-state index in [-0.39, 0.29) is 11.9 Å². The van der Waals surface area contributed by atoms with E-state index in [0.29, 0.717) is 5.56 Å². The van der Waals surface area contributed by atoms with Crippen LogP contribution >= 0.6 is 0 Å². The Morgan fingerprint density at radius 2 is 2.17 bits per heavy atom. The maximum atomic E-state index is 13.4. The van der Waals surface area contributed by atoms with Crippen molar-refractivity contribution < 1.29 is 9.50 Å². The first-order chi connectivity index (χ1) is 8.61. The summed E-state index contributed by atoms with van der Waals surface area (Å²) in [5.41, 5.74) is 0.727. The number of hydrogen-bond donors (Lipinski definition) is 1. The molecule has 3 heteroatoms. The summed E-state index contributed by atoms with van der Waals surface area (Å²) in [6.45, 7) is 3.81. The molecule has 3 rings (SSSR count). The maximum absolute atomic E-state index is 13.4. The van der Waals surface area contributed by atoms with Gasteiger partial charge in [0.25, 0.3) is 0 Å². The fourth-order valence-corrected chi connectivity index (χ4v) is 3.53. The van der Waals surface area contributed by atoms with E-state index in [4.69, 9.17) is 0 Å². The molecule has 0 amide bonds. The van der Waals surface area contributed by atoms with Gasteiger partial charge in [-0.05, 0) is 49.9 Å². The van der Waals surface area contributed by atoms with Crippen molar-refractivity contribution in [3.8, 4) is 0 Å². The lowest BCUT2D eigenvalue weighted by Gasteiger charge is -2.37. The summed E-state index contributed by atoms with van der Waals surface area (Å²) in [4.78, 5) is 2.39. The van der Waals surface area contributed by atoms with Gasteiger partial charge < -0.3 is 5.11 Å². The highest BCUT2D eigenvalue weighted by Gasteiger charge is 2.47. The molecule has 0 spiro atoms. The molecule has 2 unspecified atom stereocenters. The van der Waals surface area contributed by atoms with Crippen LogP contribution in [-0.4, -0.2) is 29.1 Å². The molecule has 0 aromatic heterocycles. The Morgan fingerprint density at radius 1 is 1.33 bits per heavy atom. The van der Waals surface area contributed by atoms with Gasteiger partial charge in [0.05, 0.1) is 0 Å². The molecule has 0 aliphatic carbocycles. The Kier molecular flexibility index (Phi) is 2.91. The van der Waals surface area contributed by atoms with E-state index in [0.717, 1.165) is 31.5 Å². The molecule has 0 saturated carbocycles. The Labute approximate surface area is 107 Å². The van der Waals surface area contributed by atoms with Gasteiger partial charge in [-0.1, -0.05) is 18.6 Å². The van der Waals surface area contributed by atoms with Crippen molar-refractivity contribution in [3.05, 3.63) is 35.1 Å². The van der Waals surface area contributed by atoms with Gasteiger partial charge in [0, 0.05) is 12.6 Å². The number of benzene rings is 1. The molecule has 2 aliphatic rings. The smallest absolute Gasteiger partial charge is 0.126 e. The van der Waals surface area contributed by atoms with Crippen LogP contribution in [0.1, 0.15) is 36.8 Å². The Morgan fingerprint density at radius 3 is 2.94 bits per heavy atom. The number of nitrogens with zero attached hydrogens (tertiary/aromatic N) is 1. The summed E-state index contributed by atoms with van der Waals surface area (Å²) in [6.07, 6.45) is 4.23. The molecule has 18 heavy (non-hydrogen) atoms. The zero-order chi connectivity index (χ0) is 12.8. The lowest BCUT2D eigenvalue weighted by Crippen LogP contribution is -2.45. The number of aryl methyl sites for hydroxylation is 1. The van der Waals surface area contributed by atoms with Gasteiger partial charge >= 0.3 is 0 Å². The van der Waals surface area contributed by atoms with Crippen molar-refractivity contribution >= 4 is 0 Å². The highest BCUT2D eigenvalue weighted by molar-refractivity contribution is 5.31. The molecule has 0 bridgehead atoms. The van der Waals surface area contributed by atoms with E-state index in [1.54, 1.807) is 13.0 Å². The summed E-state index contributed by atoms with van der Waals surface area (Å²) >= 11 is 0. The monoisotopic (exact) mass is 249 g/mol. The molecule has 2 atom stereocenters. The van der Waals surface area contributed by atoms with Crippen LogP contribution in [-0.2, 0) is 5.60 Å². The van der Waals surface area contributed by atoms with Gasteiger partial charge in [-0.3, -0.25) is 4.90 Å². The minimum absolute atomic E-state index is 0.194. The molecule has 2 saturated heterocycles. The molecule has 2 heterocycles. The first-order valence-corrected chi connectivity index (χ1v) is 6.84. The number of fused-ring (bicyclic) bond motifs is 1. The molecule has 2 nitrogen and oxygen atoms in total. The average Bonchev–Trinajstić information content (AvgIpc) is 2.73. The second-order valence-electron chi connectivity index (χ2n) is 5.69. The van der Waals surface area contributed by atoms with E-state index in [1.165, 1.54) is 18.9 Å². The molecule has 1 aromatic rings. The van der Waals surface area contributed by atoms with Gasteiger partial charge in [0.15, 0.2) is 0 Å². The van der Waals surface area contributed by atoms with Gasteiger partial charge in [-0.2, -0.15) is 0 Å². The molecular weight excluding hydrogens is 229 g/mol. The number of hydrogen-bond acceptors (Lipinski definition) is 2. The van der Waals surface area contributed by atoms with Crippen molar-refractivity contribution in [1.82, 2.24) is 4.90 Å². The summed E-state index contributed by atoms with van der Waals surface area (Å²) in [6, 6.07) is 5.26. The minimum atomic E-state index is -0.779. The van der Waals surface area contributed by atoms with Gasteiger partial charge in [-0.25, -0.2) is 4.39 Å². The van der Waals surface area contributed by atoms with E-state index >= 15 is 0 Å². The van der Waals surface area contributed by atoms with Crippen molar-refractivity contribution in [2.75, 3.05) is 13.1 Å². The predicted molar refractivity (Wildman–Crippen MR) is 68.9 cm³/mol. The number of halogens is 1. The van der Waals surface area contributed by atoms with E-state index < -0.39 is 5.60 Å². The third-order valence-corrected chi connectivity index (χ3v) is 4.60. The third kappa shape index (κ3) is 1.77. The first kappa shape index (κ1) is 12.1. The van der Waals surface area contributed by atoms with Crippen LogP contribution in [0.2, 0.25) is 0 Å². The molecule has 0 radical (unpaired) electrons. The standard InChI is InChI=1S/C15H20FNO/c1-11-10-12(5-6-13(11)16)15(18)7-9-17-8-3-2-4-14(15)17/h5-6,10,14,18H,2-4,7-9H2,1H3. The van der Waals surface area contributed by atoms with Crippen molar-refractivity contribution in [3.63, 3.8) is 0 Å². The van der Waals surface area contributed by atoms with Crippen LogP contribution < -0.4 is 0 Å². The first-order valence-electron chi connectivity index (χ1n) is 6.84. The summed E-state index contributed by atoms with van der Waals surface area (Å²) in [5, 5.41) is 11.0. The van der Waals surface area contributed by atoms with Crippen LogP contribution in [0.5, 0.6) is 0 Å². The topological polar surface area (TPSA) is 23.5 Å². The lowest BCUT2D eigenvalue weighted by atomic mass is 9.82. The fraction of sp³-hybridized carbons (Fsp3) is 0.600. The van der Waals surface area contributed by atoms with Gasteiger partial charge in [-0.15, -0.1) is 0 Å². The summed E-state index contributed by atoms with van der Waals surface area (Å²) in [5.74, 6) is -0.194. The molecular formula is C15H20FNO. The largest absolute Gasteiger partial charge is 0.383 e. The Hall–Kier alpha value is -0.930. The number of piperidine rings is 1. The Bertz CT molecular complexity index is 462. The van der Waals surface area contributed by atoms with E-state index in [2.05, 4.69) is 4.90 Å². The summed E-state index contributed by atoms with van der Waals surface area (Å²) in [7, 11) is 0. The van der Waals surface area contributed by atoms with E-state index in [1.807, 2.05) is 6.07 Å². The predicted octanol–water partition coefficient (Wildman–Crippen LogP) is 2.58. The second-order valence-corrected chi connectivity index (χ2v) is 5.69. The number of rotatable bonds is 1. The maximum Gasteiger partial charge on any atom is 0.126 e. The molecule has 2 fully saturated rings. The molecule has 1 N–H and O–H groups in total. The number of aliphatic hydroxyl groups is 1. The zero-order valence-corrected chi connectivity index (χ0v) is 10.8. The van der Waals surface area contributed by atoms with Crippen LogP contribution in [0, 0.1) is 12.7 Å². The van der Waals surface area contributed by atoms with Crippen molar-refractivity contribution in [1.29, 1.82) is 0 Å². The lowest BCUT2D eigenvalue weighted by molar-refractivity contribution is -0.0138. The van der Waals surface area contributed by atoms with Crippen LogP contribution in [0.3, 0.4) is 0 Å². The van der Waals surface area contributed by atoms with Gasteiger partial charge in [0.2, 0.25) is 0 Å². The molecule has 98 valence electrons. The van der Waals surface area contributed by atoms with Crippen molar-refractivity contribution in [2.24, 2.45) is 0 Å². The van der Waals surface area contributed by atoms with Crippen molar-refractivity contribution in [2.45, 2.75) is 44.2 Å². The third-order valence-electron chi connectivity index (χ3n) is 4.60. The minimum Gasteiger partial charge on any atom is -0.383 e. The average molecular weight is 249 g/mol. The summed E-state index contributed by atoms with van der Waals surface area (Å²) < 4.78 is 13.4. The highest BCUT2D eigenvalue weighted by Crippen LogP contribution is 2.42. The van der Waals surface area contributed by atoms with Crippen LogP contribution in [0.25, 0.3) is 0 Å². The second kappa shape index (κ2) is 4.32. The zero-order valence-electron chi connectivity index (χ0n) is 10.8. The quantitative estimate of drug-likeness (QED) is 0.827. The Balaban J connectivity index is 1.96. The molecule has 2 aliphatic heterocycles. The fourth-order valence-electron chi connectivity index (χ4n) is 3.53. The van der Waals surface area contributed by atoms with Crippen LogP contribution in [0.4, 0.5) is 4.39 Å². The molecule has 1 aromatic carbocycles. The van der Waals surface area contributed by atoms with E-state index in [9.17, 15) is 9.50 Å². The normalized spacial score (nSPS) is 32.5. The van der Waals surface area contributed by atoms with Gasteiger partial charge in [0.1, 0.15) is 11.4 Å². The SMILES string of the molecule is Cc1cc(C2(O)CCN3CCCCC32)ccc1F. The highest BCUT2D eigenvalue weighted by atomic mass is 19.1.